The average molecular weight is 417 g/mol. The minimum Gasteiger partial charge on any atom is -0.465 e. The van der Waals surface area contributed by atoms with Crippen molar-refractivity contribution in [2.45, 2.75) is 4.90 Å². The third-order valence-corrected chi connectivity index (χ3v) is 4.75. The molecule has 0 radical (unpaired) electrons. The van der Waals surface area contributed by atoms with Crippen molar-refractivity contribution >= 4 is 39.4 Å². The highest BCUT2D eigenvalue weighted by molar-refractivity contribution is 7.90. The number of hydrogen-bond acceptors (Lipinski definition) is 7. The maximum Gasteiger partial charge on any atom is 0.337 e. The van der Waals surface area contributed by atoms with Crippen LogP contribution in [0.2, 0.25) is 0 Å². The predicted octanol–water partition coefficient (Wildman–Crippen LogP) is 2.07. The summed E-state index contributed by atoms with van der Waals surface area (Å²) in [4.78, 5) is 35.0. The Labute approximate surface area is 168 Å². The normalized spacial score (nSPS) is 11.1. The lowest BCUT2D eigenvalue weighted by Gasteiger charge is -2.07. The quantitative estimate of drug-likeness (QED) is 0.541. The maximum absolute atomic E-state index is 11.9. The van der Waals surface area contributed by atoms with Crippen molar-refractivity contribution in [3.63, 3.8) is 0 Å². The number of benzene rings is 2. The molecular weight excluding hydrogens is 398 g/mol. The molecule has 0 aromatic heterocycles. The van der Waals surface area contributed by atoms with Crippen LogP contribution in [-0.2, 0) is 28.9 Å². The molecule has 152 valence electrons. The molecule has 0 fully saturated rings. The lowest BCUT2D eigenvalue weighted by atomic mass is 10.1. The van der Waals surface area contributed by atoms with Crippen LogP contribution in [0.4, 0.5) is 5.69 Å². The van der Waals surface area contributed by atoms with Crippen molar-refractivity contribution in [1.82, 2.24) is 0 Å². The molecule has 1 amide bonds. The Bertz CT molecular complexity index is 1040. The second-order valence-corrected chi connectivity index (χ2v) is 7.92. The number of carbonyl (C=O) groups is 3. The van der Waals surface area contributed by atoms with E-state index in [-0.39, 0.29) is 10.6 Å². The van der Waals surface area contributed by atoms with Crippen molar-refractivity contribution in [3.8, 4) is 0 Å². The molecule has 1 N–H and O–H groups in total. The fourth-order valence-corrected chi connectivity index (χ4v) is 2.87. The highest BCUT2D eigenvalue weighted by atomic mass is 32.2. The summed E-state index contributed by atoms with van der Waals surface area (Å²) < 4.78 is 32.5. The number of rotatable bonds is 7. The van der Waals surface area contributed by atoms with Crippen LogP contribution >= 0.6 is 0 Å². The number of carbonyl (C=O) groups excluding carboxylic acids is 3. The summed E-state index contributed by atoms with van der Waals surface area (Å²) in [6.07, 6.45) is 3.67. The van der Waals surface area contributed by atoms with Crippen molar-refractivity contribution in [3.05, 3.63) is 65.7 Å². The zero-order valence-electron chi connectivity index (χ0n) is 15.7. The van der Waals surface area contributed by atoms with Gasteiger partial charge in [-0.3, -0.25) is 4.79 Å². The molecule has 2 aromatic rings. The van der Waals surface area contributed by atoms with Crippen molar-refractivity contribution < 1.29 is 32.3 Å². The number of esters is 2. The van der Waals surface area contributed by atoms with Gasteiger partial charge in [0.15, 0.2) is 16.4 Å². The molecule has 0 aliphatic carbocycles. The zero-order chi connectivity index (χ0) is 21.4. The van der Waals surface area contributed by atoms with E-state index in [9.17, 15) is 22.8 Å². The summed E-state index contributed by atoms with van der Waals surface area (Å²) in [7, 11) is -2.12. The molecule has 0 spiro atoms. The highest BCUT2D eigenvalue weighted by Gasteiger charge is 2.10. The summed E-state index contributed by atoms with van der Waals surface area (Å²) in [5, 5.41) is 2.46. The molecule has 0 aliphatic heterocycles. The van der Waals surface area contributed by atoms with Crippen molar-refractivity contribution in [2.24, 2.45) is 0 Å². The first kappa shape index (κ1) is 21.8. The van der Waals surface area contributed by atoms with E-state index in [1.54, 1.807) is 24.3 Å². The second kappa shape index (κ2) is 9.65. The summed E-state index contributed by atoms with van der Waals surface area (Å²) in [6.45, 7) is -0.534. The van der Waals surface area contributed by atoms with E-state index in [1.165, 1.54) is 37.5 Å². The van der Waals surface area contributed by atoms with Crippen molar-refractivity contribution in [2.75, 3.05) is 25.3 Å². The van der Waals surface area contributed by atoms with E-state index in [0.717, 1.165) is 12.3 Å². The van der Waals surface area contributed by atoms with Gasteiger partial charge in [0.05, 0.1) is 17.6 Å². The van der Waals surface area contributed by atoms with Gasteiger partial charge in [0, 0.05) is 18.0 Å². The largest absolute Gasteiger partial charge is 0.465 e. The molecule has 9 heteroatoms. The van der Waals surface area contributed by atoms with Gasteiger partial charge in [-0.25, -0.2) is 18.0 Å². The number of nitrogens with one attached hydrogen (secondary N) is 1. The van der Waals surface area contributed by atoms with Crippen LogP contribution in [0.1, 0.15) is 15.9 Å². The second-order valence-electron chi connectivity index (χ2n) is 5.90. The van der Waals surface area contributed by atoms with Crippen LogP contribution in [-0.4, -0.2) is 46.2 Å². The van der Waals surface area contributed by atoms with E-state index in [4.69, 9.17) is 4.74 Å². The van der Waals surface area contributed by atoms with E-state index < -0.39 is 34.3 Å². The molecule has 2 aromatic carbocycles. The van der Waals surface area contributed by atoms with Crippen LogP contribution < -0.4 is 5.32 Å². The molecule has 0 atom stereocenters. The standard InChI is InChI=1S/C20H19NO7S/c1-27-20(24)15-9-6-14(7-10-15)8-11-19(23)28-13-18(22)21-16-4-3-5-17(12-16)29(2,25)26/h3-12H,13H2,1-2H3,(H,21,22)/b11-8+. The molecule has 0 aliphatic rings. The van der Waals surface area contributed by atoms with E-state index in [1.807, 2.05) is 0 Å². The third kappa shape index (κ3) is 6.89. The number of anilines is 1. The van der Waals surface area contributed by atoms with E-state index >= 15 is 0 Å². The fraction of sp³-hybridized carbons (Fsp3) is 0.150. The number of hydrogen-bond donors (Lipinski definition) is 1. The van der Waals surface area contributed by atoms with Gasteiger partial charge in [0.1, 0.15) is 0 Å². The van der Waals surface area contributed by atoms with Crippen molar-refractivity contribution in [1.29, 1.82) is 0 Å². The maximum atomic E-state index is 11.9. The van der Waals surface area contributed by atoms with E-state index in [0.29, 0.717) is 11.1 Å². The van der Waals surface area contributed by atoms with Gasteiger partial charge in [-0.2, -0.15) is 0 Å². The predicted molar refractivity (Wildman–Crippen MR) is 106 cm³/mol. The summed E-state index contributed by atoms with van der Waals surface area (Å²) in [5.41, 5.74) is 1.30. The first-order valence-electron chi connectivity index (χ1n) is 8.32. The molecule has 0 saturated heterocycles. The van der Waals surface area contributed by atoms with Crippen LogP contribution in [0.3, 0.4) is 0 Å². The Kier molecular flexibility index (Phi) is 7.27. The van der Waals surface area contributed by atoms with Gasteiger partial charge >= 0.3 is 11.9 Å². The molecule has 0 heterocycles. The Balaban J connectivity index is 1.86. The van der Waals surface area contributed by atoms with Crippen LogP contribution in [0.15, 0.2) is 59.5 Å². The zero-order valence-corrected chi connectivity index (χ0v) is 16.6. The van der Waals surface area contributed by atoms with Gasteiger partial charge < -0.3 is 14.8 Å². The summed E-state index contributed by atoms with van der Waals surface area (Å²) in [5.74, 6) is -1.81. The number of methoxy groups -OCH3 is 1. The van der Waals surface area contributed by atoms with Crippen LogP contribution in [0.5, 0.6) is 0 Å². The Hall–Kier alpha value is -3.46. The van der Waals surface area contributed by atoms with Gasteiger partial charge in [0.25, 0.3) is 5.91 Å². The molecule has 0 bridgehead atoms. The SMILES string of the molecule is COC(=O)c1ccc(/C=C/C(=O)OCC(=O)Nc2cccc(S(C)(=O)=O)c2)cc1. The van der Waals surface area contributed by atoms with E-state index in [2.05, 4.69) is 10.1 Å². The van der Waals surface area contributed by atoms with Crippen LogP contribution in [0, 0.1) is 0 Å². The molecule has 2 rings (SSSR count). The summed E-state index contributed by atoms with van der Waals surface area (Å²) >= 11 is 0. The van der Waals surface area contributed by atoms with Gasteiger partial charge in [0.2, 0.25) is 0 Å². The first-order chi connectivity index (χ1) is 13.7. The lowest BCUT2D eigenvalue weighted by Crippen LogP contribution is -2.20. The third-order valence-electron chi connectivity index (χ3n) is 3.64. The molecule has 29 heavy (non-hydrogen) atoms. The topological polar surface area (TPSA) is 116 Å². The Morgan fingerprint density at radius 3 is 2.38 bits per heavy atom. The number of amides is 1. The minimum atomic E-state index is -3.40. The first-order valence-corrected chi connectivity index (χ1v) is 10.2. The monoisotopic (exact) mass is 417 g/mol. The summed E-state index contributed by atoms with van der Waals surface area (Å²) in [6, 6.07) is 12.1. The lowest BCUT2D eigenvalue weighted by molar-refractivity contribution is -0.142. The van der Waals surface area contributed by atoms with Gasteiger partial charge in [-0.05, 0) is 42.0 Å². The molecule has 0 unspecified atom stereocenters. The smallest absolute Gasteiger partial charge is 0.337 e. The number of ether oxygens (including phenoxy) is 2. The molecule has 0 saturated carbocycles. The van der Waals surface area contributed by atoms with Gasteiger partial charge in [-0.15, -0.1) is 0 Å². The average Bonchev–Trinajstić information content (AvgIpc) is 2.70. The minimum absolute atomic E-state index is 0.0634. The highest BCUT2D eigenvalue weighted by Crippen LogP contribution is 2.15. The fourth-order valence-electron chi connectivity index (χ4n) is 2.20. The van der Waals surface area contributed by atoms with Gasteiger partial charge in [-0.1, -0.05) is 18.2 Å². The number of sulfone groups is 1. The molecule has 8 nitrogen and oxygen atoms in total. The Morgan fingerprint density at radius 2 is 1.76 bits per heavy atom. The van der Waals surface area contributed by atoms with Crippen LogP contribution in [0.25, 0.3) is 6.08 Å². The molecular formula is C20H19NO7S. The Morgan fingerprint density at radius 1 is 1.07 bits per heavy atom.